The lowest BCUT2D eigenvalue weighted by Crippen LogP contribution is -2.43. The van der Waals surface area contributed by atoms with E-state index in [-0.39, 0.29) is 18.0 Å². The number of amides is 2. The lowest BCUT2D eigenvalue weighted by molar-refractivity contribution is 0.129. The molecule has 25 heavy (non-hydrogen) atoms. The highest BCUT2D eigenvalue weighted by Gasteiger charge is 2.16. The number of aliphatic hydroxyl groups is 1. The van der Waals surface area contributed by atoms with Crippen LogP contribution < -0.4 is 10.6 Å². The van der Waals surface area contributed by atoms with Crippen LogP contribution in [-0.2, 0) is 6.54 Å². The minimum atomic E-state index is -0.727. The van der Waals surface area contributed by atoms with Crippen molar-refractivity contribution < 1.29 is 14.3 Å². The molecular formula is C18H28N4O3. The fourth-order valence-corrected chi connectivity index (χ4v) is 2.75. The molecule has 7 heteroatoms. The Morgan fingerprint density at radius 2 is 2.16 bits per heavy atom. The Morgan fingerprint density at radius 3 is 2.76 bits per heavy atom. The van der Waals surface area contributed by atoms with Gasteiger partial charge in [-0.2, -0.15) is 5.10 Å². The summed E-state index contributed by atoms with van der Waals surface area (Å²) in [6.45, 7) is 9.23. The summed E-state index contributed by atoms with van der Waals surface area (Å²) in [6.07, 6.45) is 1.19. The first-order valence-electron chi connectivity index (χ1n) is 8.62. The molecule has 2 amide bonds. The van der Waals surface area contributed by atoms with Crippen molar-refractivity contribution in [1.29, 1.82) is 0 Å². The van der Waals surface area contributed by atoms with Gasteiger partial charge in [0.1, 0.15) is 11.9 Å². The molecule has 0 aliphatic heterocycles. The van der Waals surface area contributed by atoms with E-state index in [1.165, 1.54) is 6.26 Å². The second-order valence-corrected chi connectivity index (χ2v) is 6.74. The minimum Gasteiger partial charge on any atom is -0.467 e. The van der Waals surface area contributed by atoms with Gasteiger partial charge in [0.2, 0.25) is 0 Å². The van der Waals surface area contributed by atoms with Crippen LogP contribution in [0.5, 0.6) is 0 Å². The van der Waals surface area contributed by atoms with E-state index >= 15 is 0 Å². The number of furan rings is 1. The number of nitrogens with one attached hydrogen (secondary N) is 2. The molecule has 0 fully saturated rings. The van der Waals surface area contributed by atoms with Crippen molar-refractivity contribution in [3.63, 3.8) is 0 Å². The molecule has 0 saturated carbocycles. The molecule has 7 nitrogen and oxygen atoms in total. The maximum absolute atomic E-state index is 12.0. The van der Waals surface area contributed by atoms with Gasteiger partial charge in [0.25, 0.3) is 0 Å². The predicted octanol–water partition coefficient (Wildman–Crippen LogP) is 2.54. The fraction of sp³-hybridized carbons (Fsp3) is 0.556. The second kappa shape index (κ2) is 8.71. The fourth-order valence-electron chi connectivity index (χ4n) is 2.75. The molecule has 3 atom stereocenters. The van der Waals surface area contributed by atoms with E-state index in [0.717, 1.165) is 17.9 Å². The largest absolute Gasteiger partial charge is 0.467 e. The molecule has 0 aliphatic rings. The molecule has 2 heterocycles. The molecule has 0 bridgehead atoms. The lowest BCUT2D eigenvalue weighted by atomic mass is 10.1. The van der Waals surface area contributed by atoms with Gasteiger partial charge in [-0.25, -0.2) is 4.79 Å². The Hall–Kier alpha value is -2.28. The van der Waals surface area contributed by atoms with Crippen LogP contribution >= 0.6 is 0 Å². The standard InChI is InChI=1S/C18H28N4O3/c1-12(11-22-15(4)8-14(3)21-22)10-19-18(24)20-13(2)9-16(23)17-6-5-7-25-17/h5-8,12-13,16,23H,9-11H2,1-4H3,(H2,19,20,24). The molecule has 0 aliphatic carbocycles. The zero-order chi connectivity index (χ0) is 18.4. The summed E-state index contributed by atoms with van der Waals surface area (Å²) in [6, 6.07) is 5.08. The van der Waals surface area contributed by atoms with Crippen molar-refractivity contribution in [2.45, 2.75) is 52.8 Å². The normalized spacial score (nSPS) is 14.8. The van der Waals surface area contributed by atoms with Gasteiger partial charge in [-0.15, -0.1) is 0 Å². The molecule has 0 spiro atoms. The Morgan fingerprint density at radius 1 is 1.40 bits per heavy atom. The summed E-state index contributed by atoms with van der Waals surface area (Å²) >= 11 is 0. The summed E-state index contributed by atoms with van der Waals surface area (Å²) in [5, 5.41) is 20.2. The quantitative estimate of drug-likeness (QED) is 0.683. The number of hydrogen-bond acceptors (Lipinski definition) is 4. The van der Waals surface area contributed by atoms with Crippen LogP contribution in [0.2, 0.25) is 0 Å². The Balaban J connectivity index is 1.69. The zero-order valence-electron chi connectivity index (χ0n) is 15.3. The molecule has 2 rings (SSSR count). The predicted molar refractivity (Wildman–Crippen MR) is 95.1 cm³/mol. The van der Waals surface area contributed by atoms with Crippen LogP contribution in [0.4, 0.5) is 4.79 Å². The van der Waals surface area contributed by atoms with Gasteiger partial charge in [-0.05, 0) is 44.9 Å². The molecule has 0 aromatic carbocycles. The lowest BCUT2D eigenvalue weighted by Gasteiger charge is -2.19. The van der Waals surface area contributed by atoms with E-state index in [1.54, 1.807) is 12.1 Å². The average molecular weight is 348 g/mol. The van der Waals surface area contributed by atoms with Gasteiger partial charge in [0, 0.05) is 31.2 Å². The van der Waals surface area contributed by atoms with Crippen LogP contribution in [-0.4, -0.2) is 33.5 Å². The second-order valence-electron chi connectivity index (χ2n) is 6.74. The number of aryl methyl sites for hydroxylation is 2. The molecule has 0 saturated heterocycles. The van der Waals surface area contributed by atoms with Crippen LogP contribution in [0.15, 0.2) is 28.9 Å². The highest BCUT2D eigenvalue weighted by molar-refractivity contribution is 5.74. The van der Waals surface area contributed by atoms with Gasteiger partial charge < -0.3 is 20.2 Å². The van der Waals surface area contributed by atoms with Crippen molar-refractivity contribution in [3.05, 3.63) is 41.6 Å². The summed E-state index contributed by atoms with van der Waals surface area (Å²) < 4.78 is 7.12. The smallest absolute Gasteiger partial charge is 0.315 e. The van der Waals surface area contributed by atoms with Crippen LogP contribution in [0, 0.1) is 19.8 Å². The minimum absolute atomic E-state index is 0.175. The van der Waals surface area contributed by atoms with Crippen molar-refractivity contribution in [2.75, 3.05) is 6.54 Å². The van der Waals surface area contributed by atoms with Crippen LogP contribution in [0.1, 0.15) is 43.5 Å². The van der Waals surface area contributed by atoms with Crippen molar-refractivity contribution in [3.8, 4) is 0 Å². The zero-order valence-corrected chi connectivity index (χ0v) is 15.3. The third-order valence-electron chi connectivity index (χ3n) is 4.02. The van der Waals surface area contributed by atoms with E-state index in [0.29, 0.717) is 18.7 Å². The average Bonchev–Trinajstić information content (AvgIpc) is 3.15. The van der Waals surface area contributed by atoms with Crippen molar-refractivity contribution >= 4 is 6.03 Å². The first kappa shape index (κ1) is 19.1. The molecule has 0 radical (unpaired) electrons. The van der Waals surface area contributed by atoms with Gasteiger partial charge in [-0.1, -0.05) is 6.92 Å². The van der Waals surface area contributed by atoms with Gasteiger partial charge in [0.15, 0.2) is 0 Å². The molecule has 2 aromatic heterocycles. The van der Waals surface area contributed by atoms with Gasteiger partial charge in [-0.3, -0.25) is 4.68 Å². The number of carbonyl (C=O) groups is 1. The number of hydrogen-bond donors (Lipinski definition) is 3. The first-order chi connectivity index (χ1) is 11.8. The van der Waals surface area contributed by atoms with E-state index in [2.05, 4.69) is 22.7 Å². The molecule has 3 unspecified atom stereocenters. The van der Waals surface area contributed by atoms with E-state index < -0.39 is 6.10 Å². The highest BCUT2D eigenvalue weighted by atomic mass is 16.4. The first-order valence-corrected chi connectivity index (χ1v) is 8.62. The summed E-state index contributed by atoms with van der Waals surface area (Å²) in [7, 11) is 0. The number of nitrogens with zero attached hydrogens (tertiary/aromatic N) is 2. The number of aromatic nitrogens is 2. The molecular weight excluding hydrogens is 320 g/mol. The van der Waals surface area contributed by atoms with E-state index in [4.69, 9.17) is 4.42 Å². The molecule has 3 N–H and O–H groups in total. The maximum atomic E-state index is 12.0. The van der Waals surface area contributed by atoms with Crippen LogP contribution in [0.25, 0.3) is 0 Å². The van der Waals surface area contributed by atoms with Crippen LogP contribution in [0.3, 0.4) is 0 Å². The monoisotopic (exact) mass is 348 g/mol. The highest BCUT2D eigenvalue weighted by Crippen LogP contribution is 2.18. The summed E-state index contributed by atoms with van der Waals surface area (Å²) in [5.41, 5.74) is 2.12. The number of aliphatic hydroxyl groups excluding tert-OH is 1. The van der Waals surface area contributed by atoms with Gasteiger partial charge in [0.05, 0.1) is 12.0 Å². The van der Waals surface area contributed by atoms with E-state index in [1.807, 2.05) is 31.5 Å². The summed E-state index contributed by atoms with van der Waals surface area (Å²) in [5.74, 6) is 0.764. The molecule has 138 valence electrons. The third-order valence-corrected chi connectivity index (χ3v) is 4.02. The Labute approximate surface area is 148 Å². The summed E-state index contributed by atoms with van der Waals surface area (Å²) in [4.78, 5) is 12.0. The molecule has 2 aromatic rings. The van der Waals surface area contributed by atoms with Gasteiger partial charge >= 0.3 is 6.03 Å². The third kappa shape index (κ3) is 5.94. The Bertz CT molecular complexity index is 666. The number of urea groups is 1. The van der Waals surface area contributed by atoms with Crippen molar-refractivity contribution in [1.82, 2.24) is 20.4 Å². The topological polar surface area (TPSA) is 92.3 Å². The van der Waals surface area contributed by atoms with Crippen molar-refractivity contribution in [2.24, 2.45) is 5.92 Å². The SMILES string of the molecule is Cc1cc(C)n(CC(C)CNC(=O)NC(C)CC(O)c2ccco2)n1. The maximum Gasteiger partial charge on any atom is 0.315 e. The number of carbonyl (C=O) groups excluding carboxylic acids is 1. The number of rotatable bonds is 8. The van der Waals surface area contributed by atoms with E-state index in [9.17, 15) is 9.90 Å². The Kier molecular flexibility index (Phi) is 6.64.